The normalized spacial score (nSPS) is 22.1. The molecular weight excluding hydrogens is 383 g/mol. The Morgan fingerprint density at radius 2 is 2.00 bits per heavy atom. The first-order valence-corrected chi connectivity index (χ1v) is 10.7. The standard InChI is InChI=1S/C24H29FN2O3/c1-30-20-7-8-23(28)19(14-20)16-26-12-11-22-18(15-26)6-9-24(29)27(22)13-10-17-4-2-3-5-21(17)25/h2-5,7-8,14,18,22,28H,6,9-13,15-16H2,1H3/t18-,22+/m0/s1. The highest BCUT2D eigenvalue weighted by atomic mass is 19.1. The fraction of sp³-hybridized carbons (Fsp3) is 0.458. The molecular formula is C24H29FN2O3. The number of rotatable bonds is 6. The molecule has 30 heavy (non-hydrogen) atoms. The van der Waals surface area contributed by atoms with Crippen molar-refractivity contribution >= 4 is 5.91 Å². The minimum atomic E-state index is -0.202. The number of carbonyl (C=O) groups excluding carboxylic acids is 1. The minimum absolute atomic E-state index is 0.187. The molecule has 0 saturated carbocycles. The van der Waals surface area contributed by atoms with E-state index in [9.17, 15) is 14.3 Å². The summed E-state index contributed by atoms with van der Waals surface area (Å²) >= 11 is 0. The van der Waals surface area contributed by atoms with E-state index in [1.807, 2.05) is 17.0 Å². The number of hydrogen-bond acceptors (Lipinski definition) is 4. The van der Waals surface area contributed by atoms with E-state index in [4.69, 9.17) is 4.74 Å². The average Bonchev–Trinajstić information content (AvgIpc) is 2.76. The van der Waals surface area contributed by atoms with Crippen LogP contribution in [-0.4, -0.2) is 53.6 Å². The molecule has 0 radical (unpaired) electrons. The Morgan fingerprint density at radius 1 is 1.17 bits per heavy atom. The zero-order valence-corrected chi connectivity index (χ0v) is 17.4. The maximum atomic E-state index is 14.0. The highest BCUT2D eigenvalue weighted by molar-refractivity contribution is 5.77. The van der Waals surface area contributed by atoms with Crippen molar-refractivity contribution in [1.82, 2.24) is 9.80 Å². The van der Waals surface area contributed by atoms with Crippen molar-refractivity contribution in [3.8, 4) is 11.5 Å². The molecule has 0 spiro atoms. The molecule has 0 unspecified atom stereocenters. The van der Waals surface area contributed by atoms with Gasteiger partial charge in [0, 0.05) is 44.2 Å². The van der Waals surface area contributed by atoms with Crippen molar-refractivity contribution in [3.05, 3.63) is 59.4 Å². The first kappa shape index (κ1) is 20.7. The molecule has 0 aliphatic carbocycles. The highest BCUT2D eigenvalue weighted by Crippen LogP contribution is 2.33. The molecule has 2 aromatic carbocycles. The second-order valence-corrected chi connectivity index (χ2v) is 8.31. The SMILES string of the molecule is COc1ccc(O)c(CN2CC[C@@H]3[C@@H](CCC(=O)N3CCc3ccccc3F)C2)c1. The van der Waals surface area contributed by atoms with E-state index in [1.165, 1.54) is 6.07 Å². The molecule has 2 fully saturated rings. The maximum Gasteiger partial charge on any atom is 0.222 e. The molecule has 0 bridgehead atoms. The molecule has 160 valence electrons. The van der Waals surface area contributed by atoms with Crippen LogP contribution in [0.1, 0.15) is 30.4 Å². The second kappa shape index (κ2) is 9.04. The van der Waals surface area contributed by atoms with Crippen molar-refractivity contribution in [2.45, 2.75) is 38.3 Å². The number of methoxy groups -OCH3 is 1. The third-order valence-electron chi connectivity index (χ3n) is 6.49. The molecule has 2 atom stereocenters. The van der Waals surface area contributed by atoms with Crippen LogP contribution in [0.5, 0.6) is 11.5 Å². The van der Waals surface area contributed by atoms with Crippen LogP contribution in [0.3, 0.4) is 0 Å². The lowest BCUT2D eigenvalue weighted by Crippen LogP contribution is -2.56. The zero-order chi connectivity index (χ0) is 21.1. The van der Waals surface area contributed by atoms with Gasteiger partial charge in [-0.1, -0.05) is 18.2 Å². The van der Waals surface area contributed by atoms with Crippen LogP contribution < -0.4 is 4.74 Å². The van der Waals surface area contributed by atoms with Gasteiger partial charge in [0.2, 0.25) is 5.91 Å². The number of ether oxygens (including phenoxy) is 1. The van der Waals surface area contributed by atoms with Gasteiger partial charge in [0.25, 0.3) is 0 Å². The molecule has 2 aromatic rings. The molecule has 0 aromatic heterocycles. The lowest BCUT2D eigenvalue weighted by molar-refractivity contribution is -0.141. The molecule has 4 rings (SSSR count). The molecule has 6 heteroatoms. The van der Waals surface area contributed by atoms with Gasteiger partial charge in [0.05, 0.1) is 7.11 Å². The summed E-state index contributed by atoms with van der Waals surface area (Å²) < 4.78 is 19.3. The summed E-state index contributed by atoms with van der Waals surface area (Å²) in [4.78, 5) is 16.9. The van der Waals surface area contributed by atoms with E-state index in [1.54, 1.807) is 31.4 Å². The molecule has 2 aliphatic rings. The Labute approximate surface area is 177 Å². The summed E-state index contributed by atoms with van der Waals surface area (Å²) in [6.45, 7) is 2.99. The number of carbonyl (C=O) groups is 1. The summed E-state index contributed by atoms with van der Waals surface area (Å²) in [5.74, 6) is 1.41. The summed E-state index contributed by atoms with van der Waals surface area (Å²) in [7, 11) is 1.62. The Balaban J connectivity index is 1.40. The number of hydrogen-bond donors (Lipinski definition) is 1. The van der Waals surface area contributed by atoms with Crippen LogP contribution in [0.4, 0.5) is 4.39 Å². The van der Waals surface area contributed by atoms with Crippen molar-refractivity contribution in [3.63, 3.8) is 0 Å². The topological polar surface area (TPSA) is 53.0 Å². The lowest BCUT2D eigenvalue weighted by atomic mass is 9.83. The van der Waals surface area contributed by atoms with E-state index >= 15 is 0 Å². The quantitative estimate of drug-likeness (QED) is 0.788. The van der Waals surface area contributed by atoms with Gasteiger partial charge in [0.15, 0.2) is 0 Å². The smallest absolute Gasteiger partial charge is 0.222 e. The van der Waals surface area contributed by atoms with Crippen molar-refractivity contribution in [2.24, 2.45) is 5.92 Å². The molecule has 1 amide bonds. The number of phenols is 1. The number of piperidine rings is 2. The number of halogens is 1. The molecule has 2 saturated heterocycles. The third-order valence-corrected chi connectivity index (χ3v) is 6.49. The van der Waals surface area contributed by atoms with E-state index in [0.717, 1.165) is 37.2 Å². The summed E-state index contributed by atoms with van der Waals surface area (Å²) in [6.07, 6.45) is 2.89. The van der Waals surface area contributed by atoms with Gasteiger partial charge in [-0.15, -0.1) is 0 Å². The van der Waals surface area contributed by atoms with Gasteiger partial charge in [-0.05, 0) is 55.0 Å². The number of aromatic hydroxyl groups is 1. The highest BCUT2D eigenvalue weighted by Gasteiger charge is 2.39. The number of fused-ring (bicyclic) bond motifs is 1. The maximum absolute atomic E-state index is 14.0. The number of likely N-dealkylation sites (tertiary alicyclic amines) is 2. The van der Waals surface area contributed by atoms with E-state index in [0.29, 0.717) is 37.4 Å². The second-order valence-electron chi connectivity index (χ2n) is 8.31. The summed E-state index contributed by atoms with van der Waals surface area (Å²) in [5.41, 5.74) is 1.52. The van der Waals surface area contributed by atoms with Crippen molar-refractivity contribution in [2.75, 3.05) is 26.7 Å². The van der Waals surface area contributed by atoms with Crippen LogP contribution in [0.25, 0.3) is 0 Å². The lowest BCUT2D eigenvalue weighted by Gasteiger charge is -2.47. The number of benzene rings is 2. The van der Waals surface area contributed by atoms with Gasteiger partial charge < -0.3 is 14.7 Å². The largest absolute Gasteiger partial charge is 0.508 e. The first-order chi connectivity index (χ1) is 14.5. The Hall–Kier alpha value is -2.60. The summed E-state index contributed by atoms with van der Waals surface area (Å²) in [6, 6.07) is 12.3. The van der Waals surface area contributed by atoms with Crippen LogP contribution in [-0.2, 0) is 17.8 Å². The van der Waals surface area contributed by atoms with Crippen LogP contribution >= 0.6 is 0 Å². The minimum Gasteiger partial charge on any atom is -0.508 e. The van der Waals surface area contributed by atoms with Gasteiger partial charge in [-0.2, -0.15) is 0 Å². The number of phenolic OH excluding ortho intramolecular Hbond substituents is 1. The fourth-order valence-corrected chi connectivity index (χ4v) is 4.86. The van der Waals surface area contributed by atoms with Crippen LogP contribution in [0, 0.1) is 11.7 Å². The van der Waals surface area contributed by atoms with Crippen LogP contribution in [0.15, 0.2) is 42.5 Å². The fourth-order valence-electron chi connectivity index (χ4n) is 4.86. The van der Waals surface area contributed by atoms with Crippen molar-refractivity contribution in [1.29, 1.82) is 0 Å². The molecule has 5 nitrogen and oxygen atoms in total. The number of amides is 1. The van der Waals surface area contributed by atoms with Crippen LogP contribution in [0.2, 0.25) is 0 Å². The molecule has 2 heterocycles. The zero-order valence-electron chi connectivity index (χ0n) is 17.4. The number of nitrogens with zero attached hydrogens (tertiary/aromatic N) is 2. The van der Waals surface area contributed by atoms with E-state index < -0.39 is 0 Å². The van der Waals surface area contributed by atoms with Gasteiger partial charge in [-0.25, -0.2) is 4.39 Å². The summed E-state index contributed by atoms with van der Waals surface area (Å²) in [5, 5.41) is 10.2. The van der Waals surface area contributed by atoms with E-state index in [-0.39, 0.29) is 23.5 Å². The monoisotopic (exact) mass is 412 g/mol. The van der Waals surface area contributed by atoms with Crippen molar-refractivity contribution < 1.29 is 19.0 Å². The Morgan fingerprint density at radius 3 is 2.80 bits per heavy atom. The average molecular weight is 413 g/mol. The predicted octanol–water partition coefficient (Wildman–Crippen LogP) is 3.60. The van der Waals surface area contributed by atoms with Gasteiger partial charge >= 0.3 is 0 Å². The molecule has 2 aliphatic heterocycles. The first-order valence-electron chi connectivity index (χ1n) is 10.7. The van der Waals surface area contributed by atoms with Gasteiger partial charge in [0.1, 0.15) is 17.3 Å². The predicted molar refractivity (Wildman–Crippen MR) is 113 cm³/mol. The Bertz CT molecular complexity index is 904. The molecule has 1 N–H and O–H groups in total. The Kier molecular flexibility index (Phi) is 6.23. The third kappa shape index (κ3) is 4.43. The van der Waals surface area contributed by atoms with E-state index in [2.05, 4.69) is 4.90 Å². The van der Waals surface area contributed by atoms with Gasteiger partial charge in [-0.3, -0.25) is 9.69 Å².